The average molecular weight is 435 g/mol. The van der Waals surface area contributed by atoms with Crippen molar-refractivity contribution in [2.45, 2.75) is 20.4 Å². The van der Waals surface area contributed by atoms with Crippen molar-refractivity contribution in [3.05, 3.63) is 37.7 Å². The summed E-state index contributed by atoms with van der Waals surface area (Å²) in [7, 11) is 0. The molecule has 0 aromatic carbocycles. The second kappa shape index (κ2) is 10.4. The van der Waals surface area contributed by atoms with Gasteiger partial charge in [0.15, 0.2) is 5.57 Å². The van der Waals surface area contributed by atoms with E-state index in [1.54, 1.807) is 32.0 Å². The van der Waals surface area contributed by atoms with Gasteiger partial charge >= 0.3 is 0 Å². The van der Waals surface area contributed by atoms with E-state index in [4.69, 9.17) is 11.6 Å². The Labute approximate surface area is 175 Å². The highest BCUT2D eigenvalue weighted by Gasteiger charge is 2.14. The third-order valence-corrected chi connectivity index (χ3v) is 4.98. The third-order valence-electron chi connectivity index (χ3n) is 3.60. The van der Waals surface area contributed by atoms with Crippen LogP contribution >= 0.6 is 22.9 Å². The van der Waals surface area contributed by atoms with Gasteiger partial charge in [0.2, 0.25) is 5.91 Å². The maximum Gasteiger partial charge on any atom is 0.270 e. The Morgan fingerprint density at radius 2 is 2.07 bits per heavy atom. The molecule has 0 spiro atoms. The highest BCUT2D eigenvalue weighted by Crippen LogP contribution is 2.09. The number of thiazole rings is 1. The van der Waals surface area contributed by atoms with Crippen LogP contribution in [-0.2, 0) is 16.1 Å². The molecular weight excluding hydrogens is 416 g/mol. The lowest BCUT2D eigenvalue weighted by atomic mass is 10.3. The van der Waals surface area contributed by atoms with Crippen molar-refractivity contribution in [3.8, 4) is 6.07 Å². The number of halogens is 1. The number of alkyl halides is 1. The van der Waals surface area contributed by atoms with Crippen LogP contribution in [0.3, 0.4) is 0 Å². The SMILES string of the molecule is CCNC(=O)/C(C#N)=c1\s/c(=C/Nc2cccc(NC(=O)CCl)n2)c(=O)n1CC. The molecule has 3 N–H and O–H groups in total. The fraction of sp³-hybridized carbons (Fsp3) is 0.278. The Kier molecular flexibility index (Phi) is 7.94. The predicted octanol–water partition coefficient (Wildman–Crippen LogP) is 0.162. The second-order valence-electron chi connectivity index (χ2n) is 5.55. The van der Waals surface area contributed by atoms with Gasteiger partial charge in [-0.15, -0.1) is 22.9 Å². The quantitative estimate of drug-likeness (QED) is 0.532. The van der Waals surface area contributed by atoms with E-state index in [1.165, 1.54) is 10.8 Å². The van der Waals surface area contributed by atoms with Gasteiger partial charge in [-0.05, 0) is 26.0 Å². The Balaban J connectivity index is 2.46. The number of nitriles is 1. The smallest absolute Gasteiger partial charge is 0.270 e. The summed E-state index contributed by atoms with van der Waals surface area (Å²) < 4.78 is 1.96. The molecule has 2 aromatic rings. The average Bonchev–Trinajstić information content (AvgIpc) is 3.02. The van der Waals surface area contributed by atoms with E-state index < -0.39 is 5.91 Å². The fourth-order valence-electron chi connectivity index (χ4n) is 2.34. The summed E-state index contributed by atoms with van der Waals surface area (Å²) in [4.78, 5) is 40.4. The Bertz CT molecular complexity index is 1130. The minimum absolute atomic E-state index is 0.112. The number of nitrogens with one attached hydrogen (secondary N) is 3. The van der Waals surface area contributed by atoms with E-state index in [0.717, 1.165) is 11.3 Å². The summed E-state index contributed by atoms with van der Waals surface area (Å²) in [5, 5.41) is 17.4. The molecule has 2 aromatic heterocycles. The van der Waals surface area contributed by atoms with Crippen molar-refractivity contribution in [1.29, 1.82) is 5.26 Å². The Morgan fingerprint density at radius 3 is 2.69 bits per heavy atom. The van der Waals surface area contributed by atoms with Gasteiger partial charge in [-0.1, -0.05) is 6.07 Å². The molecule has 0 saturated heterocycles. The molecule has 0 fully saturated rings. The third kappa shape index (κ3) is 5.43. The van der Waals surface area contributed by atoms with Crippen LogP contribution in [0.5, 0.6) is 0 Å². The molecule has 0 aliphatic carbocycles. The molecule has 2 amide bonds. The van der Waals surface area contributed by atoms with Gasteiger partial charge < -0.3 is 16.0 Å². The number of anilines is 2. The number of hydrogen-bond acceptors (Lipinski definition) is 7. The van der Waals surface area contributed by atoms with Crippen LogP contribution in [0.4, 0.5) is 11.6 Å². The minimum atomic E-state index is -0.526. The first kappa shape index (κ1) is 22.1. The standard InChI is InChI=1S/C18H19ClN6O3S/c1-3-21-16(27)11(9-20)18-25(4-2)17(28)12(29-18)10-22-13-6-5-7-14(23-13)24-15(26)8-19/h5-7,10H,3-4,8H2,1-2H3,(H,21,27)(H2,22,23,24,26)/b12-10+,18-11-. The van der Waals surface area contributed by atoms with Crippen molar-refractivity contribution >= 4 is 58.2 Å². The van der Waals surface area contributed by atoms with E-state index in [0.29, 0.717) is 29.3 Å². The van der Waals surface area contributed by atoms with Crippen molar-refractivity contribution in [1.82, 2.24) is 14.9 Å². The molecule has 152 valence electrons. The number of hydrogen-bond donors (Lipinski definition) is 3. The normalized spacial score (nSPS) is 12.1. The summed E-state index contributed by atoms with van der Waals surface area (Å²) >= 11 is 6.49. The first-order chi connectivity index (χ1) is 13.9. The van der Waals surface area contributed by atoms with Crippen LogP contribution in [0.1, 0.15) is 13.8 Å². The molecule has 29 heavy (non-hydrogen) atoms. The number of amides is 2. The molecule has 2 rings (SSSR count). The van der Waals surface area contributed by atoms with Crippen molar-refractivity contribution in [3.63, 3.8) is 0 Å². The zero-order valence-corrected chi connectivity index (χ0v) is 17.4. The van der Waals surface area contributed by atoms with Gasteiger partial charge in [-0.2, -0.15) is 5.26 Å². The lowest BCUT2D eigenvalue weighted by molar-refractivity contribution is -0.115. The van der Waals surface area contributed by atoms with E-state index >= 15 is 0 Å². The molecule has 2 heterocycles. The summed E-state index contributed by atoms with van der Waals surface area (Å²) in [6, 6.07) is 6.81. The van der Waals surface area contributed by atoms with Gasteiger partial charge in [-0.3, -0.25) is 19.0 Å². The molecule has 11 heteroatoms. The van der Waals surface area contributed by atoms with Crippen LogP contribution in [0, 0.1) is 11.3 Å². The molecule has 0 unspecified atom stereocenters. The van der Waals surface area contributed by atoms with Gasteiger partial charge in [0, 0.05) is 19.3 Å². The summed E-state index contributed by atoms with van der Waals surface area (Å²) in [6.45, 7) is 4.18. The van der Waals surface area contributed by atoms with Crippen LogP contribution in [0.25, 0.3) is 11.8 Å². The molecule has 0 saturated carbocycles. The molecule has 0 bridgehead atoms. The van der Waals surface area contributed by atoms with E-state index in [1.807, 2.05) is 6.07 Å². The summed E-state index contributed by atoms with van der Waals surface area (Å²) in [5.74, 6) is -0.406. The van der Waals surface area contributed by atoms with Crippen molar-refractivity contribution in [2.24, 2.45) is 0 Å². The minimum Gasteiger partial charge on any atom is -0.352 e. The Morgan fingerprint density at radius 1 is 1.34 bits per heavy atom. The van der Waals surface area contributed by atoms with E-state index in [9.17, 15) is 19.6 Å². The number of nitrogens with zero attached hydrogens (tertiary/aromatic N) is 3. The molecule has 9 nitrogen and oxygen atoms in total. The van der Waals surface area contributed by atoms with E-state index in [-0.39, 0.29) is 27.6 Å². The highest BCUT2D eigenvalue weighted by molar-refractivity contribution is 7.07. The summed E-state index contributed by atoms with van der Waals surface area (Å²) in [5.41, 5.74) is -0.442. The molecule has 0 aliphatic rings. The first-order valence-corrected chi connectivity index (χ1v) is 10.0. The monoisotopic (exact) mass is 434 g/mol. The molecular formula is C18H19ClN6O3S. The summed E-state index contributed by atoms with van der Waals surface area (Å²) in [6.07, 6.45) is 1.45. The molecule has 0 radical (unpaired) electrons. The maximum absolute atomic E-state index is 12.6. The topological polar surface area (TPSA) is 129 Å². The van der Waals surface area contributed by atoms with Crippen LogP contribution in [-0.4, -0.2) is 33.8 Å². The van der Waals surface area contributed by atoms with Gasteiger partial charge in [0.1, 0.15) is 32.8 Å². The number of carbonyl (C=O) groups excluding carboxylic acids is 2. The maximum atomic E-state index is 12.6. The number of carbonyl (C=O) groups is 2. The number of pyridine rings is 1. The number of aromatic nitrogens is 2. The number of rotatable bonds is 7. The van der Waals surface area contributed by atoms with Crippen molar-refractivity contribution < 1.29 is 9.59 Å². The fourth-order valence-corrected chi connectivity index (χ4v) is 3.49. The van der Waals surface area contributed by atoms with Gasteiger partial charge in [0.05, 0.1) is 0 Å². The first-order valence-electron chi connectivity index (χ1n) is 8.66. The van der Waals surface area contributed by atoms with E-state index in [2.05, 4.69) is 20.9 Å². The molecule has 0 atom stereocenters. The highest BCUT2D eigenvalue weighted by atomic mass is 35.5. The zero-order valence-electron chi connectivity index (χ0n) is 15.8. The predicted molar refractivity (Wildman–Crippen MR) is 113 cm³/mol. The van der Waals surface area contributed by atoms with Crippen LogP contribution in [0.2, 0.25) is 0 Å². The van der Waals surface area contributed by atoms with Gasteiger partial charge in [-0.25, -0.2) is 4.98 Å². The largest absolute Gasteiger partial charge is 0.352 e. The van der Waals surface area contributed by atoms with Gasteiger partial charge in [0.25, 0.3) is 11.5 Å². The second-order valence-corrected chi connectivity index (χ2v) is 6.84. The zero-order chi connectivity index (χ0) is 21.4. The van der Waals surface area contributed by atoms with Crippen molar-refractivity contribution in [2.75, 3.05) is 23.1 Å². The van der Waals surface area contributed by atoms with Crippen LogP contribution in [0.15, 0.2) is 23.0 Å². The Hall–Kier alpha value is -3.16. The molecule has 0 aliphatic heterocycles. The lowest BCUT2D eigenvalue weighted by Crippen LogP contribution is -2.34. The van der Waals surface area contributed by atoms with Crippen LogP contribution < -0.4 is 30.7 Å². The lowest BCUT2D eigenvalue weighted by Gasteiger charge is -2.04.